The van der Waals surface area contributed by atoms with Crippen molar-refractivity contribution in [2.75, 3.05) is 26.2 Å². The number of nitrogens with zero attached hydrogens (tertiary/aromatic N) is 1. The molecule has 0 bridgehead atoms. The monoisotopic (exact) mass is 308 g/mol. The minimum Gasteiger partial charge on any atom is -0.310 e. The fourth-order valence-electron chi connectivity index (χ4n) is 2.76. The molecule has 3 heteroatoms. The van der Waals surface area contributed by atoms with Gasteiger partial charge in [-0.05, 0) is 68.9 Å². The van der Waals surface area contributed by atoms with Crippen LogP contribution in [0.15, 0.2) is 24.3 Å². The summed E-state index contributed by atoms with van der Waals surface area (Å²) >= 11 is 6.01. The van der Waals surface area contributed by atoms with Crippen molar-refractivity contribution in [3.8, 4) is 0 Å². The van der Waals surface area contributed by atoms with Crippen LogP contribution in [0.25, 0.3) is 0 Å². The molecular formula is C18H29ClN2. The molecule has 0 saturated heterocycles. The Bertz CT molecular complexity index is 400. The van der Waals surface area contributed by atoms with Gasteiger partial charge < -0.3 is 10.2 Å². The van der Waals surface area contributed by atoms with Crippen LogP contribution in [0.1, 0.15) is 51.1 Å². The van der Waals surface area contributed by atoms with Crippen molar-refractivity contribution in [3.05, 3.63) is 34.9 Å². The van der Waals surface area contributed by atoms with Crippen molar-refractivity contribution in [2.24, 2.45) is 5.92 Å². The molecule has 2 rings (SSSR count). The van der Waals surface area contributed by atoms with Crippen molar-refractivity contribution in [3.63, 3.8) is 0 Å². The molecule has 1 N–H and O–H groups in total. The van der Waals surface area contributed by atoms with Crippen LogP contribution in [0.4, 0.5) is 0 Å². The minimum absolute atomic E-state index is 0.440. The van der Waals surface area contributed by atoms with Gasteiger partial charge >= 0.3 is 0 Å². The van der Waals surface area contributed by atoms with E-state index in [1.54, 1.807) is 0 Å². The number of hydrogen-bond acceptors (Lipinski definition) is 2. The quantitative estimate of drug-likeness (QED) is 0.684. The highest BCUT2D eigenvalue weighted by Crippen LogP contribution is 2.30. The molecule has 0 radical (unpaired) electrons. The lowest BCUT2D eigenvalue weighted by molar-refractivity contribution is 0.259. The molecular weight excluding hydrogens is 280 g/mol. The summed E-state index contributed by atoms with van der Waals surface area (Å²) in [5, 5.41) is 4.50. The number of nitrogens with one attached hydrogen (secondary N) is 1. The summed E-state index contributed by atoms with van der Waals surface area (Å²) in [6.07, 6.45) is 5.21. The molecule has 21 heavy (non-hydrogen) atoms. The van der Waals surface area contributed by atoms with Gasteiger partial charge in [0.05, 0.1) is 0 Å². The van der Waals surface area contributed by atoms with Gasteiger partial charge in [-0.2, -0.15) is 0 Å². The normalized spacial score (nSPS) is 16.4. The van der Waals surface area contributed by atoms with Gasteiger partial charge in [-0.1, -0.05) is 37.6 Å². The summed E-state index contributed by atoms with van der Waals surface area (Å²) in [6, 6.07) is 8.76. The van der Waals surface area contributed by atoms with Crippen LogP contribution >= 0.6 is 11.6 Å². The molecule has 2 nitrogen and oxygen atoms in total. The molecule has 1 aliphatic carbocycles. The van der Waals surface area contributed by atoms with Crippen LogP contribution in [0.2, 0.25) is 5.02 Å². The highest BCUT2D eigenvalue weighted by atomic mass is 35.5. The lowest BCUT2D eigenvalue weighted by Gasteiger charge is -2.25. The molecule has 1 aromatic rings. The van der Waals surface area contributed by atoms with Crippen LogP contribution in [0, 0.1) is 5.92 Å². The lowest BCUT2D eigenvalue weighted by atomic mass is 10.0. The van der Waals surface area contributed by atoms with E-state index in [9.17, 15) is 0 Å². The lowest BCUT2D eigenvalue weighted by Crippen LogP contribution is -2.31. The first kappa shape index (κ1) is 16.8. The van der Waals surface area contributed by atoms with Crippen LogP contribution in [0.5, 0.6) is 0 Å². The number of rotatable bonds is 10. The third-order valence-corrected chi connectivity index (χ3v) is 4.56. The molecule has 1 unspecified atom stereocenters. The zero-order chi connectivity index (χ0) is 15.1. The van der Waals surface area contributed by atoms with E-state index in [1.165, 1.54) is 44.3 Å². The number of hydrogen-bond donors (Lipinski definition) is 1. The molecule has 1 aliphatic rings. The first-order valence-corrected chi connectivity index (χ1v) is 8.82. The summed E-state index contributed by atoms with van der Waals surface area (Å²) in [6.45, 7) is 9.20. The highest BCUT2D eigenvalue weighted by molar-refractivity contribution is 6.30. The molecule has 1 fully saturated rings. The van der Waals surface area contributed by atoms with Crippen LogP contribution < -0.4 is 5.32 Å². The first-order chi connectivity index (χ1) is 10.2. The molecule has 0 heterocycles. The Balaban J connectivity index is 1.89. The van der Waals surface area contributed by atoms with E-state index in [2.05, 4.69) is 36.2 Å². The predicted octanol–water partition coefficient (Wildman–Crippen LogP) is 4.50. The SMILES string of the molecule is CCCNC(CCN(CC)CC1CC1)c1ccc(Cl)cc1. The molecule has 1 atom stereocenters. The smallest absolute Gasteiger partial charge is 0.0406 e. The third-order valence-electron chi connectivity index (χ3n) is 4.31. The van der Waals surface area contributed by atoms with Crippen LogP contribution in [-0.2, 0) is 0 Å². The van der Waals surface area contributed by atoms with Crippen molar-refractivity contribution in [1.82, 2.24) is 10.2 Å². The van der Waals surface area contributed by atoms with Gasteiger partial charge in [0.2, 0.25) is 0 Å². The highest BCUT2D eigenvalue weighted by Gasteiger charge is 2.24. The standard InChI is InChI=1S/C18H29ClN2/c1-3-12-20-18(16-7-9-17(19)10-8-16)11-13-21(4-2)14-15-5-6-15/h7-10,15,18,20H,3-6,11-14H2,1-2H3. The van der Waals surface area contributed by atoms with Gasteiger partial charge in [0, 0.05) is 17.6 Å². The first-order valence-electron chi connectivity index (χ1n) is 8.44. The van der Waals surface area contributed by atoms with E-state index >= 15 is 0 Å². The van der Waals surface area contributed by atoms with Gasteiger partial charge in [0.1, 0.15) is 0 Å². The second-order valence-electron chi connectivity index (χ2n) is 6.18. The summed E-state index contributed by atoms with van der Waals surface area (Å²) in [4.78, 5) is 2.61. The van der Waals surface area contributed by atoms with E-state index < -0.39 is 0 Å². The maximum absolute atomic E-state index is 6.01. The fraction of sp³-hybridized carbons (Fsp3) is 0.667. The molecule has 0 aliphatic heterocycles. The van der Waals surface area contributed by atoms with E-state index in [0.717, 1.165) is 24.0 Å². The molecule has 0 aromatic heterocycles. The Hall–Kier alpha value is -0.570. The largest absolute Gasteiger partial charge is 0.310 e. The van der Waals surface area contributed by atoms with E-state index in [1.807, 2.05) is 12.1 Å². The van der Waals surface area contributed by atoms with Crippen LogP contribution in [0.3, 0.4) is 0 Å². The number of benzene rings is 1. The van der Waals surface area contributed by atoms with Gasteiger partial charge in [-0.3, -0.25) is 0 Å². The Morgan fingerprint density at radius 3 is 2.52 bits per heavy atom. The van der Waals surface area contributed by atoms with Crippen molar-refractivity contribution in [1.29, 1.82) is 0 Å². The van der Waals surface area contributed by atoms with Crippen molar-refractivity contribution >= 4 is 11.6 Å². The van der Waals surface area contributed by atoms with Crippen molar-refractivity contribution in [2.45, 2.75) is 45.6 Å². The maximum atomic E-state index is 6.01. The van der Waals surface area contributed by atoms with E-state index in [-0.39, 0.29) is 0 Å². The van der Waals surface area contributed by atoms with Crippen LogP contribution in [-0.4, -0.2) is 31.1 Å². The third kappa shape index (κ3) is 5.98. The average Bonchev–Trinajstić information content (AvgIpc) is 3.31. The summed E-state index contributed by atoms with van der Waals surface area (Å²) in [7, 11) is 0. The Kier molecular flexibility index (Phi) is 7.01. The zero-order valence-corrected chi connectivity index (χ0v) is 14.2. The fourth-order valence-corrected chi connectivity index (χ4v) is 2.88. The van der Waals surface area contributed by atoms with Gasteiger partial charge in [-0.15, -0.1) is 0 Å². The Labute approximate surface area is 134 Å². The van der Waals surface area contributed by atoms with Crippen molar-refractivity contribution < 1.29 is 0 Å². The van der Waals surface area contributed by atoms with Gasteiger partial charge in [0.25, 0.3) is 0 Å². The van der Waals surface area contributed by atoms with Gasteiger partial charge in [-0.25, -0.2) is 0 Å². The number of halogens is 1. The van der Waals surface area contributed by atoms with E-state index in [4.69, 9.17) is 11.6 Å². The summed E-state index contributed by atoms with van der Waals surface area (Å²) in [5.41, 5.74) is 1.36. The zero-order valence-electron chi connectivity index (χ0n) is 13.4. The molecule has 0 amide bonds. The maximum Gasteiger partial charge on any atom is 0.0406 e. The van der Waals surface area contributed by atoms with Gasteiger partial charge in [0.15, 0.2) is 0 Å². The Morgan fingerprint density at radius 2 is 1.95 bits per heavy atom. The molecule has 0 spiro atoms. The predicted molar refractivity (Wildman–Crippen MR) is 91.9 cm³/mol. The second kappa shape index (κ2) is 8.77. The second-order valence-corrected chi connectivity index (χ2v) is 6.62. The molecule has 1 saturated carbocycles. The molecule has 118 valence electrons. The summed E-state index contributed by atoms with van der Waals surface area (Å²) in [5.74, 6) is 0.975. The minimum atomic E-state index is 0.440. The topological polar surface area (TPSA) is 15.3 Å². The molecule has 1 aromatic carbocycles. The average molecular weight is 309 g/mol. The summed E-state index contributed by atoms with van der Waals surface area (Å²) < 4.78 is 0. The van der Waals surface area contributed by atoms with E-state index in [0.29, 0.717) is 6.04 Å². The Morgan fingerprint density at radius 1 is 1.24 bits per heavy atom.